The third-order valence-corrected chi connectivity index (χ3v) is 4.51. The molecule has 3 amide bonds. The van der Waals surface area contributed by atoms with Crippen molar-refractivity contribution < 1.29 is 24.2 Å². The highest BCUT2D eigenvalue weighted by Gasteiger charge is 2.60. The van der Waals surface area contributed by atoms with E-state index in [1.807, 2.05) is 4.90 Å². The van der Waals surface area contributed by atoms with E-state index < -0.39 is 35.8 Å². The summed E-state index contributed by atoms with van der Waals surface area (Å²) in [7, 11) is 1.81. The van der Waals surface area contributed by atoms with Crippen molar-refractivity contribution in [2.45, 2.75) is 38.0 Å². The molecule has 1 spiro atoms. The maximum atomic E-state index is 12.7. The number of aliphatic hydroxyl groups excluding tert-OH is 1. The van der Waals surface area contributed by atoms with Gasteiger partial charge in [0.25, 0.3) is 0 Å². The first-order valence-corrected chi connectivity index (χ1v) is 7.92. The van der Waals surface area contributed by atoms with Gasteiger partial charge < -0.3 is 25.4 Å². The quantitative estimate of drug-likeness (QED) is 0.609. The third-order valence-electron chi connectivity index (χ3n) is 4.51. The standard InChI is InChI=1S/C15H26N4O5/c1-14(2,3)24-13(23)18-6-5-17(4)15(8-18)9-19(12(15)22)10(7-20)11(16)21/h10,20H,5-9H2,1-4H3,(H2,16,21)/t10-,15?/m0/s1. The Bertz CT molecular complexity index is 546. The molecule has 24 heavy (non-hydrogen) atoms. The molecule has 2 saturated heterocycles. The summed E-state index contributed by atoms with van der Waals surface area (Å²) in [5.41, 5.74) is 3.72. The van der Waals surface area contributed by atoms with Crippen molar-refractivity contribution in [3.63, 3.8) is 0 Å². The topological polar surface area (TPSA) is 116 Å². The second kappa shape index (κ2) is 6.21. The van der Waals surface area contributed by atoms with E-state index in [9.17, 15) is 19.5 Å². The van der Waals surface area contributed by atoms with E-state index in [4.69, 9.17) is 10.5 Å². The summed E-state index contributed by atoms with van der Waals surface area (Å²) in [6.45, 7) is 6.22. The molecule has 0 aromatic heterocycles. The van der Waals surface area contributed by atoms with Crippen molar-refractivity contribution in [1.82, 2.24) is 14.7 Å². The van der Waals surface area contributed by atoms with Gasteiger partial charge in [0, 0.05) is 13.1 Å². The maximum Gasteiger partial charge on any atom is 0.410 e. The number of carbonyl (C=O) groups excluding carboxylic acids is 3. The number of likely N-dealkylation sites (N-methyl/N-ethyl adjacent to an activating group) is 1. The van der Waals surface area contributed by atoms with Crippen molar-refractivity contribution in [3.05, 3.63) is 0 Å². The Labute approximate surface area is 141 Å². The number of aliphatic hydroxyl groups is 1. The number of primary amides is 1. The molecule has 0 radical (unpaired) electrons. The Balaban J connectivity index is 2.11. The van der Waals surface area contributed by atoms with Crippen LogP contribution in [0.4, 0.5) is 4.79 Å². The summed E-state index contributed by atoms with van der Waals surface area (Å²) in [6.07, 6.45) is -0.463. The van der Waals surface area contributed by atoms with Crippen LogP contribution in [-0.4, -0.2) is 94.7 Å². The number of carbonyl (C=O) groups is 3. The number of likely N-dealkylation sites (tertiary alicyclic amines) is 1. The van der Waals surface area contributed by atoms with E-state index in [1.54, 1.807) is 27.8 Å². The summed E-state index contributed by atoms with van der Waals surface area (Å²) >= 11 is 0. The molecule has 0 aromatic rings. The Morgan fingerprint density at radius 1 is 1.33 bits per heavy atom. The average Bonchev–Trinajstić information content (AvgIpc) is 2.46. The lowest BCUT2D eigenvalue weighted by Gasteiger charge is -2.58. The van der Waals surface area contributed by atoms with Crippen LogP contribution in [0.5, 0.6) is 0 Å². The molecule has 2 heterocycles. The summed E-state index contributed by atoms with van der Waals surface area (Å²) in [4.78, 5) is 41.0. The molecule has 0 saturated carbocycles. The average molecular weight is 342 g/mol. The minimum atomic E-state index is -1.03. The Kier molecular flexibility index (Phi) is 4.78. The zero-order chi connectivity index (χ0) is 18.3. The Morgan fingerprint density at radius 3 is 2.42 bits per heavy atom. The normalized spacial score (nSPS) is 26.3. The Morgan fingerprint density at radius 2 is 1.96 bits per heavy atom. The first kappa shape index (κ1) is 18.5. The van der Waals surface area contributed by atoms with Gasteiger partial charge in [0.1, 0.15) is 17.2 Å². The van der Waals surface area contributed by atoms with Gasteiger partial charge in [-0.05, 0) is 27.8 Å². The van der Waals surface area contributed by atoms with Gasteiger partial charge in [-0.1, -0.05) is 0 Å². The molecular formula is C15H26N4O5. The predicted molar refractivity (Wildman–Crippen MR) is 84.9 cm³/mol. The Hall–Kier alpha value is -1.87. The summed E-state index contributed by atoms with van der Waals surface area (Å²) in [6, 6.07) is -1.03. The van der Waals surface area contributed by atoms with E-state index in [0.29, 0.717) is 13.1 Å². The molecule has 2 aliphatic rings. The van der Waals surface area contributed by atoms with Crippen LogP contribution in [-0.2, 0) is 14.3 Å². The van der Waals surface area contributed by atoms with Gasteiger partial charge in [-0.3, -0.25) is 14.5 Å². The molecule has 2 atom stereocenters. The molecule has 9 heteroatoms. The van der Waals surface area contributed by atoms with Crippen molar-refractivity contribution in [3.8, 4) is 0 Å². The summed E-state index contributed by atoms with van der Waals surface area (Å²) in [5.74, 6) is -1.06. The van der Waals surface area contributed by atoms with Crippen LogP contribution in [0.15, 0.2) is 0 Å². The number of rotatable bonds is 3. The minimum Gasteiger partial charge on any atom is -0.444 e. The molecule has 2 rings (SSSR count). The number of nitrogens with two attached hydrogens (primary N) is 1. The van der Waals surface area contributed by atoms with Crippen LogP contribution in [0, 0.1) is 0 Å². The lowest BCUT2D eigenvalue weighted by molar-refractivity contribution is -0.177. The number of β-lactam (4-membered cyclic amide) rings is 1. The van der Waals surface area contributed by atoms with Crippen LogP contribution in [0.3, 0.4) is 0 Å². The van der Waals surface area contributed by atoms with E-state index in [2.05, 4.69) is 0 Å². The smallest absolute Gasteiger partial charge is 0.410 e. The number of hydrogen-bond acceptors (Lipinski definition) is 6. The fourth-order valence-corrected chi connectivity index (χ4v) is 3.08. The molecule has 0 bridgehead atoms. The van der Waals surface area contributed by atoms with Gasteiger partial charge in [0.2, 0.25) is 11.8 Å². The van der Waals surface area contributed by atoms with E-state index in [1.165, 1.54) is 9.80 Å². The van der Waals surface area contributed by atoms with Crippen molar-refractivity contribution in [2.75, 3.05) is 39.8 Å². The van der Waals surface area contributed by atoms with Crippen LogP contribution in [0.1, 0.15) is 20.8 Å². The van der Waals surface area contributed by atoms with Gasteiger partial charge in [-0.15, -0.1) is 0 Å². The molecule has 0 aliphatic carbocycles. The molecule has 136 valence electrons. The molecule has 0 aromatic carbocycles. The van der Waals surface area contributed by atoms with Gasteiger partial charge in [0.05, 0.1) is 19.7 Å². The summed E-state index contributed by atoms with van der Waals surface area (Å²) in [5, 5.41) is 9.28. The highest BCUT2D eigenvalue weighted by atomic mass is 16.6. The van der Waals surface area contributed by atoms with Gasteiger partial charge >= 0.3 is 6.09 Å². The van der Waals surface area contributed by atoms with Crippen LogP contribution >= 0.6 is 0 Å². The van der Waals surface area contributed by atoms with E-state index >= 15 is 0 Å². The number of ether oxygens (including phenoxy) is 1. The zero-order valence-corrected chi connectivity index (χ0v) is 14.6. The third kappa shape index (κ3) is 3.18. The highest BCUT2D eigenvalue weighted by molar-refractivity contribution is 5.97. The second-order valence-corrected chi connectivity index (χ2v) is 7.39. The molecule has 1 unspecified atom stereocenters. The summed E-state index contributed by atoms with van der Waals surface area (Å²) < 4.78 is 5.37. The van der Waals surface area contributed by atoms with Crippen LogP contribution in [0.2, 0.25) is 0 Å². The number of amides is 3. The molecule has 2 fully saturated rings. The second-order valence-electron chi connectivity index (χ2n) is 7.39. The first-order chi connectivity index (χ1) is 11.0. The lowest BCUT2D eigenvalue weighted by atomic mass is 9.83. The van der Waals surface area contributed by atoms with Crippen molar-refractivity contribution >= 4 is 17.9 Å². The fraction of sp³-hybridized carbons (Fsp3) is 0.800. The lowest BCUT2D eigenvalue weighted by Crippen LogP contribution is -2.82. The molecule has 2 aliphatic heterocycles. The monoisotopic (exact) mass is 342 g/mol. The first-order valence-electron chi connectivity index (χ1n) is 7.92. The largest absolute Gasteiger partial charge is 0.444 e. The van der Waals surface area contributed by atoms with Crippen LogP contribution < -0.4 is 5.73 Å². The van der Waals surface area contributed by atoms with E-state index in [0.717, 1.165) is 0 Å². The number of piperazine rings is 1. The van der Waals surface area contributed by atoms with Gasteiger partial charge in [-0.2, -0.15) is 0 Å². The number of hydrogen-bond donors (Lipinski definition) is 2. The van der Waals surface area contributed by atoms with Gasteiger partial charge in [0.15, 0.2) is 0 Å². The van der Waals surface area contributed by atoms with Crippen molar-refractivity contribution in [1.29, 1.82) is 0 Å². The fourth-order valence-electron chi connectivity index (χ4n) is 3.08. The minimum absolute atomic E-state index is 0.185. The molecule has 9 nitrogen and oxygen atoms in total. The zero-order valence-electron chi connectivity index (χ0n) is 14.6. The molecule has 3 N–H and O–H groups in total. The number of nitrogens with zero attached hydrogens (tertiary/aromatic N) is 3. The maximum absolute atomic E-state index is 12.7. The highest BCUT2D eigenvalue weighted by Crippen LogP contribution is 2.34. The van der Waals surface area contributed by atoms with Crippen molar-refractivity contribution in [2.24, 2.45) is 5.73 Å². The predicted octanol–water partition coefficient (Wildman–Crippen LogP) is -1.40. The SMILES string of the molecule is CN1CCN(C(=O)OC(C)(C)C)CC12CN([C@@H](CO)C(N)=O)C2=O. The van der Waals surface area contributed by atoms with Gasteiger partial charge in [-0.25, -0.2) is 4.79 Å². The van der Waals surface area contributed by atoms with Crippen LogP contribution in [0.25, 0.3) is 0 Å². The van der Waals surface area contributed by atoms with E-state index in [-0.39, 0.29) is 19.0 Å². The molecular weight excluding hydrogens is 316 g/mol.